The molecule has 3 nitrogen and oxygen atoms in total. The van der Waals surface area contributed by atoms with Crippen molar-refractivity contribution in [2.75, 3.05) is 13.1 Å². The number of hydrogen-bond donors (Lipinski definition) is 1. The van der Waals surface area contributed by atoms with Gasteiger partial charge in [0.15, 0.2) is 0 Å². The molecule has 1 aromatic heterocycles. The van der Waals surface area contributed by atoms with Crippen LogP contribution in [0.25, 0.3) is 0 Å². The van der Waals surface area contributed by atoms with Gasteiger partial charge in [0.2, 0.25) is 5.91 Å². The minimum absolute atomic E-state index is 0.113. The highest BCUT2D eigenvalue weighted by atomic mass is 79.9. The van der Waals surface area contributed by atoms with E-state index in [4.69, 9.17) is 0 Å². The summed E-state index contributed by atoms with van der Waals surface area (Å²) in [6.07, 6.45) is 3.54. The molecule has 1 N–H and O–H groups in total. The first-order valence-corrected chi connectivity index (χ1v) is 8.94. The zero-order valence-electron chi connectivity index (χ0n) is 10.9. The predicted molar refractivity (Wildman–Crippen MR) is 86.5 cm³/mol. The third kappa shape index (κ3) is 4.28. The molecule has 1 aliphatic heterocycles. The monoisotopic (exact) mass is 408 g/mol. The highest BCUT2D eigenvalue weighted by Gasteiger charge is 2.21. The molecule has 0 saturated carbocycles. The van der Waals surface area contributed by atoms with Crippen LogP contribution < -0.4 is 5.32 Å². The second-order valence-corrected chi connectivity index (χ2v) is 8.13. The summed E-state index contributed by atoms with van der Waals surface area (Å²) >= 11 is 8.64. The van der Waals surface area contributed by atoms with Gasteiger partial charge in [-0.2, -0.15) is 0 Å². The molecular weight excluding hydrogens is 392 g/mol. The Morgan fingerprint density at radius 3 is 2.68 bits per heavy atom. The first-order chi connectivity index (χ1) is 9.08. The number of nitrogens with one attached hydrogen (secondary N) is 1. The number of nitrogens with zero attached hydrogens (tertiary/aromatic N) is 1. The number of piperidine rings is 1. The van der Waals surface area contributed by atoms with Crippen LogP contribution in [0.4, 0.5) is 0 Å². The average Bonchev–Trinajstić information content (AvgIpc) is 2.75. The Morgan fingerprint density at radius 2 is 2.11 bits per heavy atom. The van der Waals surface area contributed by atoms with E-state index in [0.717, 1.165) is 40.7 Å². The molecule has 0 aliphatic carbocycles. The van der Waals surface area contributed by atoms with Crippen LogP contribution in [-0.2, 0) is 11.3 Å². The predicted octanol–water partition coefficient (Wildman–Crippen LogP) is 3.76. The van der Waals surface area contributed by atoms with Crippen molar-refractivity contribution in [3.05, 3.63) is 19.2 Å². The highest BCUT2D eigenvalue weighted by molar-refractivity contribution is 9.13. The molecule has 2 rings (SSSR count). The number of carbonyl (C=O) groups is 1. The summed E-state index contributed by atoms with van der Waals surface area (Å²) in [7, 11) is 0. The van der Waals surface area contributed by atoms with Crippen molar-refractivity contribution in [3.8, 4) is 0 Å². The molecule has 1 atom stereocenters. The van der Waals surface area contributed by atoms with Crippen LogP contribution in [0.5, 0.6) is 0 Å². The maximum atomic E-state index is 12.2. The van der Waals surface area contributed by atoms with Gasteiger partial charge in [0.25, 0.3) is 0 Å². The lowest BCUT2D eigenvalue weighted by molar-refractivity contribution is -0.133. The molecule has 6 heteroatoms. The minimum Gasteiger partial charge on any atom is -0.341 e. The van der Waals surface area contributed by atoms with Crippen molar-refractivity contribution in [3.63, 3.8) is 0 Å². The first-order valence-electron chi connectivity index (χ1n) is 6.54. The summed E-state index contributed by atoms with van der Waals surface area (Å²) in [5.41, 5.74) is 0. The fourth-order valence-corrected chi connectivity index (χ4v) is 4.34. The molecule has 1 fully saturated rings. The van der Waals surface area contributed by atoms with E-state index >= 15 is 0 Å². The largest absolute Gasteiger partial charge is 0.341 e. The van der Waals surface area contributed by atoms with Crippen LogP contribution in [0.15, 0.2) is 14.3 Å². The third-order valence-electron chi connectivity index (χ3n) is 3.32. The molecule has 0 bridgehead atoms. The van der Waals surface area contributed by atoms with Crippen molar-refractivity contribution in [1.29, 1.82) is 0 Å². The Labute approximate surface area is 135 Å². The molecule has 106 valence electrons. The van der Waals surface area contributed by atoms with Crippen molar-refractivity contribution in [1.82, 2.24) is 10.2 Å². The maximum Gasteiger partial charge on any atom is 0.239 e. The fraction of sp³-hybridized carbons (Fsp3) is 0.615. The van der Waals surface area contributed by atoms with Crippen LogP contribution in [0.1, 0.15) is 31.1 Å². The van der Waals surface area contributed by atoms with Gasteiger partial charge in [0.1, 0.15) is 0 Å². The van der Waals surface area contributed by atoms with Crippen LogP contribution in [-0.4, -0.2) is 29.9 Å². The molecular formula is C13H18Br2N2OS. The Morgan fingerprint density at radius 1 is 1.42 bits per heavy atom. The SMILES string of the molecule is CC(NCc1cc(Br)c(Br)s1)C(=O)N1CCCCC1. The van der Waals surface area contributed by atoms with E-state index in [1.165, 1.54) is 11.3 Å². The molecule has 1 aromatic rings. The van der Waals surface area contributed by atoms with Gasteiger partial charge in [-0.3, -0.25) is 4.79 Å². The van der Waals surface area contributed by atoms with Crippen molar-refractivity contribution >= 4 is 49.1 Å². The van der Waals surface area contributed by atoms with Gasteiger partial charge < -0.3 is 10.2 Å². The van der Waals surface area contributed by atoms with Crippen molar-refractivity contribution in [2.24, 2.45) is 0 Å². The van der Waals surface area contributed by atoms with Gasteiger partial charge in [0.05, 0.1) is 9.83 Å². The molecule has 1 unspecified atom stereocenters. The smallest absolute Gasteiger partial charge is 0.239 e. The highest BCUT2D eigenvalue weighted by Crippen LogP contribution is 2.32. The summed E-state index contributed by atoms with van der Waals surface area (Å²) in [4.78, 5) is 15.4. The summed E-state index contributed by atoms with van der Waals surface area (Å²) < 4.78 is 2.17. The number of thiophene rings is 1. The van der Waals surface area contributed by atoms with E-state index in [1.54, 1.807) is 11.3 Å². The fourth-order valence-electron chi connectivity index (χ4n) is 2.21. The Kier molecular flexibility index (Phi) is 5.87. The quantitative estimate of drug-likeness (QED) is 0.820. The second kappa shape index (κ2) is 7.20. The molecule has 1 aliphatic rings. The Balaban J connectivity index is 1.83. The van der Waals surface area contributed by atoms with E-state index in [9.17, 15) is 4.79 Å². The lowest BCUT2D eigenvalue weighted by Gasteiger charge is -2.29. The number of amides is 1. The average molecular weight is 410 g/mol. The Hall–Kier alpha value is 0.0900. The minimum atomic E-state index is -0.113. The molecule has 0 spiro atoms. The number of likely N-dealkylation sites (tertiary alicyclic amines) is 1. The van der Waals surface area contributed by atoms with Gasteiger partial charge in [-0.15, -0.1) is 11.3 Å². The lowest BCUT2D eigenvalue weighted by atomic mass is 10.1. The zero-order valence-corrected chi connectivity index (χ0v) is 14.9. The van der Waals surface area contributed by atoms with Gasteiger partial charge in [-0.25, -0.2) is 0 Å². The summed E-state index contributed by atoms with van der Waals surface area (Å²) in [6, 6.07) is 1.97. The van der Waals surface area contributed by atoms with Crippen LogP contribution >= 0.6 is 43.2 Å². The van der Waals surface area contributed by atoms with Crippen LogP contribution in [0, 0.1) is 0 Å². The van der Waals surface area contributed by atoms with Crippen molar-refractivity contribution < 1.29 is 4.79 Å². The second-order valence-electron chi connectivity index (χ2n) is 4.82. The molecule has 0 aromatic carbocycles. The molecule has 1 amide bonds. The van der Waals surface area contributed by atoms with Crippen LogP contribution in [0.2, 0.25) is 0 Å². The Bertz CT molecular complexity index is 424. The topological polar surface area (TPSA) is 32.3 Å². The van der Waals surface area contributed by atoms with E-state index in [1.807, 2.05) is 11.8 Å². The van der Waals surface area contributed by atoms with Gasteiger partial charge in [-0.05, 0) is 64.1 Å². The van der Waals surface area contributed by atoms with Crippen molar-refractivity contribution in [2.45, 2.75) is 38.8 Å². The molecule has 19 heavy (non-hydrogen) atoms. The number of carbonyl (C=O) groups excluding carboxylic acids is 1. The summed E-state index contributed by atoms with van der Waals surface area (Å²) in [5, 5.41) is 3.31. The lowest BCUT2D eigenvalue weighted by Crippen LogP contribution is -2.46. The normalized spacial score (nSPS) is 17.5. The molecule has 0 radical (unpaired) electrons. The third-order valence-corrected chi connectivity index (χ3v) is 6.57. The maximum absolute atomic E-state index is 12.2. The van der Waals surface area contributed by atoms with Gasteiger partial charge in [0, 0.05) is 29.0 Å². The van der Waals surface area contributed by atoms with E-state index in [2.05, 4.69) is 43.2 Å². The number of halogens is 2. The first kappa shape index (κ1) is 15.5. The molecule has 2 heterocycles. The van der Waals surface area contributed by atoms with Crippen LogP contribution in [0.3, 0.4) is 0 Å². The summed E-state index contributed by atoms with van der Waals surface area (Å²) in [5.74, 6) is 0.231. The van der Waals surface area contributed by atoms with Gasteiger partial charge >= 0.3 is 0 Å². The van der Waals surface area contributed by atoms with Gasteiger partial charge in [-0.1, -0.05) is 0 Å². The summed E-state index contributed by atoms with van der Waals surface area (Å²) in [6.45, 7) is 4.52. The standard InChI is InChI=1S/C13H18Br2N2OS/c1-9(13(18)17-5-3-2-4-6-17)16-8-10-7-11(14)12(15)19-10/h7,9,16H,2-6,8H2,1H3. The van der Waals surface area contributed by atoms with E-state index in [0.29, 0.717) is 0 Å². The van der Waals surface area contributed by atoms with E-state index in [-0.39, 0.29) is 11.9 Å². The molecule has 1 saturated heterocycles. The zero-order chi connectivity index (χ0) is 13.8. The number of hydrogen-bond acceptors (Lipinski definition) is 3. The number of rotatable bonds is 4. The van der Waals surface area contributed by atoms with E-state index < -0.39 is 0 Å².